The van der Waals surface area contributed by atoms with Gasteiger partial charge in [0.15, 0.2) is 0 Å². The van der Waals surface area contributed by atoms with Gasteiger partial charge < -0.3 is 9.73 Å². The highest BCUT2D eigenvalue weighted by molar-refractivity contribution is 6.05. The van der Waals surface area contributed by atoms with Crippen molar-refractivity contribution < 1.29 is 4.42 Å². The fraction of sp³-hybridized carbons (Fsp3) is 0.368. The molecule has 1 aliphatic rings. The van der Waals surface area contributed by atoms with E-state index in [9.17, 15) is 0 Å². The quantitative estimate of drug-likeness (QED) is 0.727. The Morgan fingerprint density at radius 1 is 1.00 bits per heavy atom. The van der Waals surface area contributed by atoms with Crippen LogP contribution in [0.15, 0.2) is 46.9 Å². The molecule has 1 heterocycles. The van der Waals surface area contributed by atoms with E-state index in [2.05, 4.69) is 42.7 Å². The van der Waals surface area contributed by atoms with E-state index in [0.717, 1.165) is 17.1 Å². The van der Waals surface area contributed by atoms with Gasteiger partial charge in [-0.1, -0.05) is 37.1 Å². The Kier molecular flexibility index (Phi) is 3.19. The lowest BCUT2D eigenvalue weighted by Crippen LogP contribution is -2.23. The molecule has 108 valence electrons. The molecule has 3 aromatic rings. The number of hydrogen-bond donors (Lipinski definition) is 1. The van der Waals surface area contributed by atoms with Gasteiger partial charge in [0.2, 0.25) is 0 Å². The Morgan fingerprint density at radius 3 is 2.57 bits per heavy atom. The lowest BCUT2D eigenvalue weighted by molar-refractivity contribution is 0.390. The number of hydrogen-bond acceptors (Lipinski definition) is 2. The molecule has 1 saturated carbocycles. The van der Waals surface area contributed by atoms with Crippen LogP contribution in [0.1, 0.15) is 37.3 Å². The minimum absolute atomic E-state index is 0.463. The van der Waals surface area contributed by atoms with Gasteiger partial charge in [0, 0.05) is 16.8 Å². The first-order chi connectivity index (χ1) is 10.4. The summed E-state index contributed by atoms with van der Waals surface area (Å²) in [6, 6.07) is 15.4. The second-order valence-electron chi connectivity index (χ2n) is 6.16. The molecular weight excluding hydrogens is 258 g/mol. The van der Waals surface area contributed by atoms with Gasteiger partial charge in [-0.15, -0.1) is 0 Å². The maximum absolute atomic E-state index is 5.93. The molecule has 0 aliphatic heterocycles. The summed E-state index contributed by atoms with van der Waals surface area (Å²) in [7, 11) is 2.08. The van der Waals surface area contributed by atoms with Crippen molar-refractivity contribution in [1.82, 2.24) is 5.32 Å². The minimum Gasteiger partial charge on any atom is -0.456 e. The zero-order valence-electron chi connectivity index (χ0n) is 12.4. The van der Waals surface area contributed by atoms with E-state index < -0.39 is 0 Å². The molecule has 1 fully saturated rings. The molecule has 1 aliphatic carbocycles. The molecule has 2 heteroatoms. The van der Waals surface area contributed by atoms with Crippen LogP contribution in [0.5, 0.6) is 0 Å². The molecule has 1 unspecified atom stereocenters. The van der Waals surface area contributed by atoms with Gasteiger partial charge in [-0.05, 0) is 49.6 Å². The van der Waals surface area contributed by atoms with Gasteiger partial charge in [-0.25, -0.2) is 0 Å². The summed E-state index contributed by atoms with van der Waals surface area (Å²) in [5.41, 5.74) is 3.36. The minimum atomic E-state index is 0.463. The van der Waals surface area contributed by atoms with Crippen molar-refractivity contribution in [1.29, 1.82) is 0 Å². The molecule has 2 aromatic carbocycles. The normalized spacial score (nSPS) is 17.8. The third-order valence-corrected chi connectivity index (χ3v) is 4.94. The van der Waals surface area contributed by atoms with E-state index in [-0.39, 0.29) is 0 Å². The first kappa shape index (κ1) is 12.9. The predicted molar refractivity (Wildman–Crippen MR) is 87.5 cm³/mol. The smallest absolute Gasteiger partial charge is 0.135 e. The van der Waals surface area contributed by atoms with Crippen molar-refractivity contribution >= 4 is 21.9 Å². The Morgan fingerprint density at radius 2 is 1.76 bits per heavy atom. The molecule has 0 saturated heterocycles. The highest BCUT2D eigenvalue weighted by atomic mass is 16.3. The van der Waals surface area contributed by atoms with Crippen LogP contribution in [0.3, 0.4) is 0 Å². The summed E-state index contributed by atoms with van der Waals surface area (Å²) in [5.74, 6) is 0.769. The van der Waals surface area contributed by atoms with Crippen molar-refractivity contribution in [2.24, 2.45) is 5.92 Å². The molecule has 0 spiro atoms. The largest absolute Gasteiger partial charge is 0.456 e. The first-order valence-corrected chi connectivity index (χ1v) is 7.95. The highest BCUT2D eigenvalue weighted by Gasteiger charge is 2.25. The Labute approximate surface area is 125 Å². The molecule has 2 nitrogen and oxygen atoms in total. The van der Waals surface area contributed by atoms with Crippen molar-refractivity contribution in [3.8, 4) is 0 Å². The van der Waals surface area contributed by atoms with E-state index in [1.165, 1.54) is 42.0 Å². The Hall–Kier alpha value is -1.80. The number of rotatable bonds is 3. The lowest BCUT2D eigenvalue weighted by atomic mass is 9.91. The number of fused-ring (bicyclic) bond motifs is 3. The van der Waals surface area contributed by atoms with Gasteiger partial charge in [0.1, 0.15) is 11.2 Å². The molecule has 1 aromatic heterocycles. The Balaban J connectivity index is 1.83. The van der Waals surface area contributed by atoms with Gasteiger partial charge in [0.05, 0.1) is 0 Å². The van der Waals surface area contributed by atoms with Crippen LogP contribution >= 0.6 is 0 Å². The van der Waals surface area contributed by atoms with E-state index in [1.54, 1.807) is 0 Å². The summed E-state index contributed by atoms with van der Waals surface area (Å²) in [6.07, 6.45) is 5.44. The van der Waals surface area contributed by atoms with Crippen molar-refractivity contribution in [2.45, 2.75) is 31.7 Å². The second kappa shape index (κ2) is 5.19. The molecule has 21 heavy (non-hydrogen) atoms. The molecule has 1 atom stereocenters. The molecular formula is C19H21NO. The predicted octanol–water partition coefficient (Wildman–Crippen LogP) is 5.04. The molecule has 0 amide bonds. The van der Waals surface area contributed by atoms with Gasteiger partial charge in [-0.3, -0.25) is 0 Å². The van der Waals surface area contributed by atoms with Gasteiger partial charge in [-0.2, -0.15) is 0 Å². The zero-order chi connectivity index (χ0) is 14.2. The van der Waals surface area contributed by atoms with Crippen LogP contribution < -0.4 is 5.32 Å². The van der Waals surface area contributed by atoms with Crippen molar-refractivity contribution in [2.75, 3.05) is 7.05 Å². The highest BCUT2D eigenvalue weighted by Crippen LogP contribution is 2.37. The summed E-state index contributed by atoms with van der Waals surface area (Å²) < 4.78 is 5.93. The van der Waals surface area contributed by atoms with Gasteiger partial charge in [0.25, 0.3) is 0 Å². The number of furan rings is 1. The van der Waals surface area contributed by atoms with E-state index in [0.29, 0.717) is 6.04 Å². The standard InChI is InChI=1S/C19H21NO/c1-20-19(13-6-2-3-7-13)14-10-11-18-16(12-14)15-8-4-5-9-17(15)21-18/h4-5,8-13,19-20H,2-3,6-7H2,1H3. The summed E-state index contributed by atoms with van der Waals surface area (Å²) in [4.78, 5) is 0. The third kappa shape index (κ3) is 2.14. The van der Waals surface area contributed by atoms with Crippen LogP contribution in [0, 0.1) is 5.92 Å². The van der Waals surface area contributed by atoms with Crippen LogP contribution in [-0.4, -0.2) is 7.05 Å². The zero-order valence-corrected chi connectivity index (χ0v) is 12.4. The average molecular weight is 279 g/mol. The van der Waals surface area contributed by atoms with Crippen LogP contribution in [-0.2, 0) is 0 Å². The van der Waals surface area contributed by atoms with Gasteiger partial charge >= 0.3 is 0 Å². The van der Waals surface area contributed by atoms with Crippen LogP contribution in [0.25, 0.3) is 21.9 Å². The topological polar surface area (TPSA) is 25.2 Å². The number of para-hydroxylation sites is 1. The summed E-state index contributed by atoms with van der Waals surface area (Å²) in [6.45, 7) is 0. The van der Waals surface area contributed by atoms with Crippen LogP contribution in [0.2, 0.25) is 0 Å². The van der Waals surface area contributed by atoms with E-state index in [1.807, 2.05) is 12.1 Å². The molecule has 0 bridgehead atoms. The molecule has 4 rings (SSSR count). The fourth-order valence-electron chi connectivity index (χ4n) is 3.90. The Bertz CT molecular complexity index is 767. The monoisotopic (exact) mass is 279 g/mol. The van der Waals surface area contributed by atoms with E-state index in [4.69, 9.17) is 4.42 Å². The first-order valence-electron chi connectivity index (χ1n) is 7.95. The van der Waals surface area contributed by atoms with Crippen molar-refractivity contribution in [3.63, 3.8) is 0 Å². The second-order valence-corrected chi connectivity index (χ2v) is 6.16. The SMILES string of the molecule is CNC(c1ccc2oc3ccccc3c2c1)C1CCCC1. The maximum atomic E-state index is 5.93. The summed E-state index contributed by atoms with van der Waals surface area (Å²) in [5, 5.41) is 5.99. The van der Waals surface area contributed by atoms with E-state index >= 15 is 0 Å². The van der Waals surface area contributed by atoms with Crippen LogP contribution in [0.4, 0.5) is 0 Å². The average Bonchev–Trinajstić information content (AvgIpc) is 3.15. The summed E-state index contributed by atoms with van der Waals surface area (Å²) >= 11 is 0. The maximum Gasteiger partial charge on any atom is 0.135 e. The third-order valence-electron chi connectivity index (χ3n) is 4.94. The van der Waals surface area contributed by atoms with Crippen molar-refractivity contribution in [3.05, 3.63) is 48.0 Å². The number of benzene rings is 2. The molecule has 1 N–H and O–H groups in total. The fourth-order valence-corrected chi connectivity index (χ4v) is 3.90. The lowest BCUT2D eigenvalue weighted by Gasteiger charge is -2.23. The number of nitrogens with one attached hydrogen (secondary N) is 1. The molecule has 0 radical (unpaired) electrons.